The minimum Gasteiger partial charge on any atom is -0.489 e. The number of nitrogens with one attached hydrogen (secondary N) is 1. The molecule has 2 heterocycles. The smallest absolute Gasteiger partial charge is 0.286 e. The van der Waals surface area contributed by atoms with Crippen LogP contribution in [0, 0.1) is 11.7 Å². The molecule has 0 saturated heterocycles. The molecule has 0 fully saturated rings. The molecular weight excluding hydrogens is 385 g/mol. The fourth-order valence-corrected chi connectivity index (χ4v) is 2.68. The maximum absolute atomic E-state index is 12.9. The minimum atomic E-state index is -0.346. The Hall–Kier alpha value is -3.19. The van der Waals surface area contributed by atoms with Crippen molar-refractivity contribution in [1.29, 1.82) is 0 Å². The van der Waals surface area contributed by atoms with Gasteiger partial charge in [-0.05, 0) is 41.8 Å². The van der Waals surface area contributed by atoms with E-state index in [1.165, 1.54) is 24.4 Å². The van der Waals surface area contributed by atoms with Crippen LogP contribution in [0.15, 0.2) is 65.7 Å². The van der Waals surface area contributed by atoms with Gasteiger partial charge in [0.1, 0.15) is 18.2 Å². The van der Waals surface area contributed by atoms with Crippen molar-refractivity contribution in [3.8, 4) is 5.75 Å². The number of ether oxygens (including phenoxy) is 1. The lowest BCUT2D eigenvalue weighted by Crippen LogP contribution is -2.25. The molecule has 0 radical (unpaired) electrons. The first-order valence-corrected chi connectivity index (χ1v) is 9.87. The Labute approximate surface area is 175 Å². The third-order valence-electron chi connectivity index (χ3n) is 4.30. The first-order valence-electron chi connectivity index (χ1n) is 9.87. The topological polar surface area (TPSA) is 65.4 Å². The Balaban J connectivity index is 1.49. The van der Waals surface area contributed by atoms with Crippen molar-refractivity contribution in [2.24, 2.45) is 5.92 Å². The highest BCUT2D eigenvalue weighted by molar-refractivity contribution is 5.20. The fourth-order valence-electron chi connectivity index (χ4n) is 2.68. The Kier molecular flexibility index (Phi) is 7.57. The lowest BCUT2D eigenvalue weighted by Gasteiger charge is -2.11. The highest BCUT2D eigenvalue weighted by Crippen LogP contribution is 2.10. The van der Waals surface area contributed by atoms with Crippen LogP contribution in [0.4, 0.5) is 4.39 Å². The molecule has 2 aromatic heterocycles. The fraction of sp³-hybridized carbons (Fsp3) is 0.304. The van der Waals surface area contributed by atoms with Crippen LogP contribution in [0.2, 0.25) is 0 Å². The molecule has 0 aliphatic carbocycles. The number of nitrogens with zero attached hydrogens (tertiary/aromatic N) is 2. The van der Waals surface area contributed by atoms with Crippen molar-refractivity contribution in [3.05, 3.63) is 93.9 Å². The molecular formula is C23H26FN3O3. The van der Waals surface area contributed by atoms with Crippen LogP contribution in [-0.4, -0.2) is 16.3 Å². The van der Waals surface area contributed by atoms with Crippen LogP contribution in [0.5, 0.6) is 5.75 Å². The highest BCUT2D eigenvalue weighted by atomic mass is 19.1. The molecule has 0 saturated carbocycles. The number of hydrogen-bond acceptors (Lipinski definition) is 5. The van der Waals surface area contributed by atoms with Crippen molar-refractivity contribution in [2.75, 3.05) is 6.54 Å². The molecule has 3 rings (SSSR count). The van der Waals surface area contributed by atoms with Crippen molar-refractivity contribution in [3.63, 3.8) is 0 Å². The maximum atomic E-state index is 12.9. The lowest BCUT2D eigenvalue weighted by atomic mass is 10.2. The van der Waals surface area contributed by atoms with E-state index < -0.39 is 0 Å². The third-order valence-corrected chi connectivity index (χ3v) is 4.30. The van der Waals surface area contributed by atoms with Crippen molar-refractivity contribution in [1.82, 2.24) is 15.0 Å². The van der Waals surface area contributed by atoms with Gasteiger partial charge in [0.2, 0.25) is 0 Å². The van der Waals surface area contributed by atoms with E-state index >= 15 is 0 Å². The Morgan fingerprint density at radius 1 is 1.07 bits per heavy atom. The van der Waals surface area contributed by atoms with Crippen LogP contribution in [-0.2, 0) is 19.8 Å². The molecule has 0 unspecified atom stereocenters. The van der Waals surface area contributed by atoms with E-state index in [-0.39, 0.29) is 24.6 Å². The van der Waals surface area contributed by atoms with Crippen LogP contribution < -0.4 is 20.5 Å². The first-order chi connectivity index (χ1) is 14.5. The zero-order chi connectivity index (χ0) is 21.3. The van der Waals surface area contributed by atoms with Crippen LogP contribution in [0.3, 0.4) is 0 Å². The van der Waals surface area contributed by atoms with Gasteiger partial charge in [0.05, 0.1) is 11.9 Å². The molecule has 1 aromatic carbocycles. The van der Waals surface area contributed by atoms with Gasteiger partial charge in [0.25, 0.3) is 5.56 Å². The van der Waals surface area contributed by atoms with Gasteiger partial charge >= 0.3 is 0 Å². The zero-order valence-electron chi connectivity index (χ0n) is 17.2. The van der Waals surface area contributed by atoms with E-state index in [0.29, 0.717) is 11.7 Å². The summed E-state index contributed by atoms with van der Waals surface area (Å²) in [6.45, 7) is 6.47. The van der Waals surface area contributed by atoms with Gasteiger partial charge in [0.15, 0.2) is 6.61 Å². The van der Waals surface area contributed by atoms with Gasteiger partial charge in [-0.2, -0.15) is 4.73 Å². The highest BCUT2D eigenvalue weighted by Gasteiger charge is 2.04. The summed E-state index contributed by atoms with van der Waals surface area (Å²) in [5, 5.41) is 3.37. The standard InChI is InChI=1S/C23H26FN3O3/c1-17(2)12-25-13-19-5-8-21(26-14-19)16-30-27-10-9-22(11-23(27)28)29-15-18-3-6-20(24)7-4-18/h3-11,14,17,25H,12-13,15-16H2,1-2H3. The van der Waals surface area contributed by atoms with E-state index in [2.05, 4.69) is 24.1 Å². The Bertz CT molecular complexity index is 986. The average molecular weight is 411 g/mol. The lowest BCUT2D eigenvalue weighted by molar-refractivity contribution is 0.0862. The molecule has 0 atom stereocenters. The van der Waals surface area contributed by atoms with E-state index in [0.717, 1.165) is 34.6 Å². The number of pyridine rings is 2. The monoisotopic (exact) mass is 411 g/mol. The molecule has 0 amide bonds. The van der Waals surface area contributed by atoms with Gasteiger partial charge in [0, 0.05) is 24.9 Å². The summed E-state index contributed by atoms with van der Waals surface area (Å²) in [5.41, 5.74) is 2.29. The summed E-state index contributed by atoms with van der Waals surface area (Å²) in [6, 6.07) is 12.9. The second kappa shape index (κ2) is 10.5. The van der Waals surface area contributed by atoms with Gasteiger partial charge in [-0.3, -0.25) is 9.78 Å². The van der Waals surface area contributed by atoms with Crippen molar-refractivity contribution >= 4 is 0 Å². The van der Waals surface area contributed by atoms with E-state index in [9.17, 15) is 9.18 Å². The van der Waals surface area contributed by atoms with Crippen LogP contribution in [0.25, 0.3) is 0 Å². The van der Waals surface area contributed by atoms with Gasteiger partial charge in [-0.25, -0.2) is 4.39 Å². The van der Waals surface area contributed by atoms with Crippen LogP contribution in [0.1, 0.15) is 30.7 Å². The molecule has 0 aliphatic heterocycles. The molecule has 158 valence electrons. The number of hydrogen-bond donors (Lipinski definition) is 1. The largest absolute Gasteiger partial charge is 0.489 e. The number of rotatable bonds is 10. The predicted molar refractivity (Wildman–Crippen MR) is 112 cm³/mol. The zero-order valence-corrected chi connectivity index (χ0v) is 17.2. The van der Waals surface area contributed by atoms with E-state index in [1.807, 2.05) is 12.1 Å². The SMILES string of the molecule is CC(C)CNCc1ccc(COn2ccc(OCc3ccc(F)cc3)cc2=O)nc1. The summed E-state index contributed by atoms with van der Waals surface area (Å²) in [5.74, 6) is 0.717. The van der Waals surface area contributed by atoms with Gasteiger partial charge in [-0.15, -0.1) is 0 Å². The normalized spacial score (nSPS) is 10.9. The molecule has 0 aliphatic rings. The van der Waals surface area contributed by atoms with Crippen LogP contribution >= 0.6 is 0 Å². The summed E-state index contributed by atoms with van der Waals surface area (Å²) >= 11 is 0. The summed E-state index contributed by atoms with van der Waals surface area (Å²) < 4.78 is 19.7. The van der Waals surface area contributed by atoms with Gasteiger partial charge < -0.3 is 14.9 Å². The van der Waals surface area contributed by atoms with E-state index in [4.69, 9.17) is 9.57 Å². The second-order valence-electron chi connectivity index (χ2n) is 7.40. The number of benzene rings is 1. The van der Waals surface area contributed by atoms with Gasteiger partial charge in [-0.1, -0.05) is 32.0 Å². The van der Waals surface area contributed by atoms with Crippen molar-refractivity contribution in [2.45, 2.75) is 33.6 Å². The minimum absolute atomic E-state index is 0.176. The first kappa shape index (κ1) is 21.5. The third kappa shape index (κ3) is 6.70. The molecule has 7 heteroatoms. The molecule has 0 bridgehead atoms. The summed E-state index contributed by atoms with van der Waals surface area (Å²) in [7, 11) is 0. The van der Waals surface area contributed by atoms with E-state index in [1.54, 1.807) is 24.4 Å². The average Bonchev–Trinajstić information content (AvgIpc) is 2.73. The number of aromatic nitrogens is 2. The summed E-state index contributed by atoms with van der Waals surface area (Å²) in [4.78, 5) is 22.1. The molecule has 3 aromatic rings. The quantitative estimate of drug-likeness (QED) is 0.554. The Morgan fingerprint density at radius 2 is 1.83 bits per heavy atom. The second-order valence-corrected chi connectivity index (χ2v) is 7.40. The van der Waals surface area contributed by atoms with Crippen molar-refractivity contribution < 1.29 is 14.0 Å². The molecule has 0 spiro atoms. The molecule has 6 nitrogen and oxygen atoms in total. The maximum Gasteiger partial charge on any atom is 0.286 e. The number of halogens is 1. The molecule has 1 N–H and O–H groups in total. The summed E-state index contributed by atoms with van der Waals surface area (Å²) in [6.07, 6.45) is 3.31. The molecule has 30 heavy (non-hydrogen) atoms. The Morgan fingerprint density at radius 3 is 2.50 bits per heavy atom. The predicted octanol–water partition coefficient (Wildman–Crippen LogP) is 3.34.